The van der Waals surface area contributed by atoms with Crippen LogP contribution in [-0.2, 0) is 10.0 Å². The Morgan fingerprint density at radius 3 is 2.08 bits per heavy atom. The van der Waals surface area contributed by atoms with Crippen molar-refractivity contribution in [3.05, 3.63) is 124 Å². The summed E-state index contributed by atoms with van der Waals surface area (Å²) in [5.41, 5.74) is 2.85. The molecule has 0 spiro atoms. The largest absolute Gasteiger partial charge is 0.307 e. The highest BCUT2D eigenvalue weighted by Crippen LogP contribution is 2.36. The van der Waals surface area contributed by atoms with Crippen molar-refractivity contribution in [2.45, 2.75) is 12.1 Å². The number of aromatic nitrogens is 1. The number of sulfonamides is 1. The molecule has 1 aliphatic rings. The summed E-state index contributed by atoms with van der Waals surface area (Å²) in [4.78, 5) is 19.2. The van der Waals surface area contributed by atoms with Crippen LogP contribution in [0.3, 0.4) is 0 Å². The number of rotatable bonds is 8. The van der Waals surface area contributed by atoms with Crippen molar-refractivity contribution in [3.63, 3.8) is 0 Å². The van der Waals surface area contributed by atoms with Gasteiger partial charge in [0.25, 0.3) is 5.91 Å². The number of carbonyl (C=O) groups excluding carboxylic acids is 1. The summed E-state index contributed by atoms with van der Waals surface area (Å²) in [6.07, 6.45) is 2.77. The van der Waals surface area contributed by atoms with Crippen LogP contribution in [0.4, 0.5) is 11.5 Å². The van der Waals surface area contributed by atoms with Crippen LogP contribution in [0.2, 0.25) is 10.0 Å². The number of hydrogen-bond donors (Lipinski definition) is 1. The molecule has 3 aromatic carbocycles. The Balaban J connectivity index is 1.39. The van der Waals surface area contributed by atoms with E-state index in [2.05, 4.69) is 15.2 Å². The van der Waals surface area contributed by atoms with Crippen LogP contribution in [0.25, 0.3) is 0 Å². The molecule has 10 heteroatoms. The quantitative estimate of drug-likeness (QED) is 0.281. The van der Waals surface area contributed by atoms with Crippen molar-refractivity contribution in [1.82, 2.24) is 9.88 Å². The van der Waals surface area contributed by atoms with Crippen LogP contribution < -0.4 is 9.62 Å². The topological polar surface area (TPSA) is 82.6 Å². The maximum Gasteiger partial charge on any atom is 0.256 e. The van der Waals surface area contributed by atoms with Crippen molar-refractivity contribution in [3.8, 4) is 0 Å². The molecule has 0 bridgehead atoms. The first kappa shape index (κ1) is 27.1. The van der Waals surface area contributed by atoms with Gasteiger partial charge in [0, 0.05) is 34.9 Å². The molecule has 1 saturated heterocycles. The van der Waals surface area contributed by atoms with E-state index in [1.165, 1.54) is 10.6 Å². The highest BCUT2D eigenvalue weighted by molar-refractivity contribution is 7.92. The van der Waals surface area contributed by atoms with E-state index >= 15 is 0 Å². The minimum atomic E-state index is -3.64. The summed E-state index contributed by atoms with van der Waals surface area (Å²) in [5, 5.41) is 4.03. The first-order chi connectivity index (χ1) is 18.7. The van der Waals surface area contributed by atoms with Crippen LogP contribution in [0.5, 0.6) is 0 Å². The SMILES string of the molecule is CS(=O)(=O)N(c1cccc(C(=O)Nc2ccccn2)c1)C1CN(C(c2ccc(Cl)cc2)c2ccc(Cl)cc2)C1. The molecule has 1 aromatic heterocycles. The zero-order chi connectivity index (χ0) is 27.6. The van der Waals surface area contributed by atoms with Gasteiger partial charge in [0.05, 0.1) is 24.0 Å². The first-order valence-corrected chi connectivity index (χ1v) is 14.9. The van der Waals surface area contributed by atoms with Gasteiger partial charge in [0.2, 0.25) is 10.0 Å². The smallest absolute Gasteiger partial charge is 0.256 e. The van der Waals surface area contributed by atoms with E-state index in [1.807, 2.05) is 48.5 Å². The van der Waals surface area contributed by atoms with Crippen molar-refractivity contribution in [1.29, 1.82) is 0 Å². The van der Waals surface area contributed by atoms with Gasteiger partial charge >= 0.3 is 0 Å². The van der Waals surface area contributed by atoms with Crippen molar-refractivity contribution in [2.75, 3.05) is 29.0 Å². The predicted octanol–water partition coefficient (Wildman–Crippen LogP) is 5.88. The number of anilines is 2. The summed E-state index contributed by atoms with van der Waals surface area (Å²) in [5.74, 6) is 0.0442. The number of amides is 1. The lowest BCUT2D eigenvalue weighted by Gasteiger charge is -2.48. The molecule has 4 aromatic rings. The molecule has 1 N–H and O–H groups in total. The molecule has 7 nitrogen and oxygen atoms in total. The average Bonchev–Trinajstić information content (AvgIpc) is 2.89. The van der Waals surface area contributed by atoms with Gasteiger partial charge in [-0.3, -0.25) is 14.0 Å². The van der Waals surface area contributed by atoms with E-state index in [0.717, 1.165) is 11.1 Å². The highest BCUT2D eigenvalue weighted by Gasteiger charge is 2.40. The van der Waals surface area contributed by atoms with Gasteiger partial charge in [0.15, 0.2) is 0 Å². The third kappa shape index (κ3) is 6.25. The van der Waals surface area contributed by atoms with Gasteiger partial charge in [-0.1, -0.05) is 59.6 Å². The van der Waals surface area contributed by atoms with Crippen LogP contribution in [0, 0.1) is 0 Å². The monoisotopic (exact) mass is 580 g/mol. The number of nitrogens with one attached hydrogen (secondary N) is 1. The van der Waals surface area contributed by atoms with Crippen LogP contribution in [0.1, 0.15) is 27.5 Å². The fourth-order valence-corrected chi connectivity index (χ4v) is 6.26. The summed E-state index contributed by atoms with van der Waals surface area (Å²) in [6.45, 7) is 0.987. The Hall–Kier alpha value is -3.43. The third-order valence-corrected chi connectivity index (χ3v) is 8.31. The molecule has 0 atom stereocenters. The molecule has 1 amide bonds. The van der Waals surface area contributed by atoms with E-state index in [4.69, 9.17) is 23.2 Å². The number of likely N-dealkylation sites (tertiary alicyclic amines) is 1. The summed E-state index contributed by atoms with van der Waals surface area (Å²) in [6, 6.07) is 26.7. The van der Waals surface area contributed by atoms with Gasteiger partial charge in [-0.2, -0.15) is 0 Å². The molecule has 1 aliphatic heterocycles. The highest BCUT2D eigenvalue weighted by atomic mass is 35.5. The number of benzene rings is 3. The van der Waals surface area contributed by atoms with Crippen LogP contribution in [0.15, 0.2) is 97.2 Å². The molecule has 0 radical (unpaired) electrons. The van der Waals surface area contributed by atoms with E-state index in [-0.39, 0.29) is 18.0 Å². The number of halogens is 2. The van der Waals surface area contributed by atoms with E-state index in [9.17, 15) is 13.2 Å². The molecular formula is C29H26Cl2N4O3S. The van der Waals surface area contributed by atoms with Crippen molar-refractivity contribution < 1.29 is 13.2 Å². The molecule has 200 valence electrons. The van der Waals surface area contributed by atoms with Crippen LogP contribution in [-0.4, -0.2) is 49.6 Å². The molecule has 1 fully saturated rings. The summed E-state index contributed by atoms with van der Waals surface area (Å²) < 4.78 is 27.4. The van der Waals surface area contributed by atoms with Crippen molar-refractivity contribution in [2.24, 2.45) is 0 Å². The summed E-state index contributed by atoms with van der Waals surface area (Å²) in [7, 11) is -3.64. The lowest BCUT2D eigenvalue weighted by Crippen LogP contribution is -2.61. The standard InChI is InChI=1S/C29H26Cl2N4O3S/c1-39(37,38)35(25-6-4-5-22(17-25)29(36)33-27-7-2-3-16-32-27)26-18-34(19-26)28(20-8-12-23(30)13-9-20)21-10-14-24(31)15-11-21/h2-17,26,28H,18-19H2,1H3,(H,32,33,36). The lowest BCUT2D eigenvalue weighted by molar-refractivity contribution is 0.102. The molecule has 39 heavy (non-hydrogen) atoms. The van der Waals surface area contributed by atoms with Gasteiger partial charge in [-0.25, -0.2) is 13.4 Å². The number of carbonyl (C=O) groups is 1. The normalized spacial score (nSPS) is 14.2. The Bertz CT molecular complexity index is 1520. The number of hydrogen-bond acceptors (Lipinski definition) is 5. The molecule has 0 aliphatic carbocycles. The maximum atomic E-state index is 13.0. The fraction of sp³-hybridized carbons (Fsp3) is 0.172. The first-order valence-electron chi connectivity index (χ1n) is 12.3. The second kappa shape index (κ2) is 11.4. The molecular weight excluding hydrogens is 555 g/mol. The Labute approximate surface area is 238 Å². The van der Waals surface area contributed by atoms with Gasteiger partial charge < -0.3 is 5.32 Å². The minimum Gasteiger partial charge on any atom is -0.307 e. The fourth-order valence-electron chi connectivity index (χ4n) is 4.83. The zero-order valence-electron chi connectivity index (χ0n) is 21.0. The third-order valence-electron chi connectivity index (χ3n) is 6.59. The molecule has 2 heterocycles. The number of pyridine rings is 1. The second-order valence-corrected chi connectivity index (χ2v) is 12.1. The van der Waals surface area contributed by atoms with Crippen LogP contribution >= 0.6 is 23.2 Å². The van der Waals surface area contributed by atoms with Gasteiger partial charge in [-0.15, -0.1) is 0 Å². The van der Waals surface area contributed by atoms with Gasteiger partial charge in [0.1, 0.15) is 5.82 Å². The van der Waals surface area contributed by atoms with E-state index in [1.54, 1.807) is 48.7 Å². The minimum absolute atomic E-state index is 0.104. The lowest BCUT2D eigenvalue weighted by atomic mass is 9.93. The van der Waals surface area contributed by atoms with E-state index in [0.29, 0.717) is 40.2 Å². The Kier molecular flexibility index (Phi) is 7.91. The van der Waals surface area contributed by atoms with Crippen molar-refractivity contribution >= 4 is 50.6 Å². The Morgan fingerprint density at radius 2 is 1.54 bits per heavy atom. The zero-order valence-corrected chi connectivity index (χ0v) is 23.4. The second-order valence-electron chi connectivity index (χ2n) is 9.39. The molecule has 0 saturated carbocycles. The maximum absolute atomic E-state index is 13.0. The number of nitrogens with zero attached hydrogens (tertiary/aromatic N) is 3. The summed E-state index contributed by atoms with van der Waals surface area (Å²) >= 11 is 12.3. The molecule has 5 rings (SSSR count). The molecule has 0 unspecified atom stereocenters. The average molecular weight is 582 g/mol. The predicted molar refractivity (Wildman–Crippen MR) is 156 cm³/mol. The van der Waals surface area contributed by atoms with Gasteiger partial charge in [-0.05, 0) is 65.7 Å². The van der Waals surface area contributed by atoms with E-state index < -0.39 is 10.0 Å². The Morgan fingerprint density at radius 1 is 0.923 bits per heavy atom.